The van der Waals surface area contributed by atoms with Gasteiger partial charge in [0.1, 0.15) is 0 Å². The van der Waals surface area contributed by atoms with Crippen LogP contribution in [0.15, 0.2) is 60.1 Å². The summed E-state index contributed by atoms with van der Waals surface area (Å²) in [7, 11) is 0. The zero-order valence-corrected chi connectivity index (χ0v) is 15.5. The van der Waals surface area contributed by atoms with Gasteiger partial charge in [0.2, 0.25) is 0 Å². The molecule has 0 atom stereocenters. The Labute approximate surface area is 163 Å². The largest absolute Gasteiger partial charge is 0.298 e. The number of amides is 1. The Morgan fingerprint density at radius 3 is 2.64 bits per heavy atom. The van der Waals surface area contributed by atoms with Crippen LogP contribution in [-0.2, 0) is 0 Å². The number of benzene rings is 2. The van der Waals surface area contributed by atoms with Crippen molar-refractivity contribution in [3.05, 3.63) is 83.0 Å². The minimum Gasteiger partial charge on any atom is -0.298 e. The van der Waals surface area contributed by atoms with E-state index in [1.807, 2.05) is 37.3 Å². The molecule has 0 spiro atoms. The predicted octanol–water partition coefficient (Wildman–Crippen LogP) is 4.83. The first-order valence-corrected chi connectivity index (χ1v) is 9.23. The zero-order valence-electron chi connectivity index (χ0n) is 14.7. The van der Waals surface area contributed by atoms with Gasteiger partial charge >= 0.3 is 0 Å². The molecule has 140 valence electrons. The van der Waals surface area contributed by atoms with Gasteiger partial charge in [0, 0.05) is 10.9 Å². The van der Waals surface area contributed by atoms with Crippen molar-refractivity contribution in [3.8, 4) is 16.9 Å². The van der Waals surface area contributed by atoms with Gasteiger partial charge in [-0.15, -0.1) is 11.3 Å². The summed E-state index contributed by atoms with van der Waals surface area (Å²) in [5, 5.41) is 9.04. The molecule has 0 saturated heterocycles. The van der Waals surface area contributed by atoms with E-state index in [0.717, 1.165) is 17.8 Å². The van der Waals surface area contributed by atoms with E-state index >= 15 is 0 Å². The summed E-state index contributed by atoms with van der Waals surface area (Å²) in [5.41, 5.74) is 2.86. The van der Waals surface area contributed by atoms with Gasteiger partial charge in [-0.1, -0.05) is 18.2 Å². The summed E-state index contributed by atoms with van der Waals surface area (Å²) in [6, 6.07) is 13.0. The number of thiazole rings is 1. The van der Waals surface area contributed by atoms with Gasteiger partial charge in [0.05, 0.1) is 28.8 Å². The van der Waals surface area contributed by atoms with Crippen molar-refractivity contribution in [2.75, 3.05) is 5.32 Å². The topological polar surface area (TPSA) is 59.8 Å². The van der Waals surface area contributed by atoms with Crippen LogP contribution in [0.2, 0.25) is 0 Å². The predicted molar refractivity (Wildman–Crippen MR) is 104 cm³/mol. The molecule has 0 aliphatic rings. The molecule has 0 aliphatic carbocycles. The van der Waals surface area contributed by atoms with Gasteiger partial charge in [-0.05, 0) is 37.3 Å². The highest BCUT2D eigenvalue weighted by Gasteiger charge is 2.17. The molecule has 0 radical (unpaired) electrons. The molecule has 0 aliphatic heterocycles. The minimum absolute atomic E-state index is 0.342. The number of carbonyl (C=O) groups is 1. The average molecular weight is 396 g/mol. The Bertz CT molecular complexity index is 1150. The summed E-state index contributed by atoms with van der Waals surface area (Å²) in [6.45, 7) is 1.81. The van der Waals surface area contributed by atoms with Crippen LogP contribution in [0.1, 0.15) is 16.1 Å². The van der Waals surface area contributed by atoms with Crippen molar-refractivity contribution < 1.29 is 13.6 Å². The molecule has 28 heavy (non-hydrogen) atoms. The number of hydrogen-bond acceptors (Lipinski definition) is 4. The Morgan fingerprint density at radius 2 is 1.89 bits per heavy atom. The van der Waals surface area contributed by atoms with Gasteiger partial charge in [-0.3, -0.25) is 10.1 Å². The van der Waals surface area contributed by atoms with Crippen molar-refractivity contribution in [1.29, 1.82) is 0 Å². The number of para-hydroxylation sites is 1. The summed E-state index contributed by atoms with van der Waals surface area (Å²) in [6.07, 6.45) is 1.50. The molecule has 2 aromatic carbocycles. The van der Waals surface area contributed by atoms with E-state index in [0.29, 0.717) is 27.6 Å². The van der Waals surface area contributed by atoms with Crippen molar-refractivity contribution in [3.63, 3.8) is 0 Å². The third-order valence-corrected chi connectivity index (χ3v) is 4.95. The van der Waals surface area contributed by atoms with Crippen molar-refractivity contribution >= 4 is 22.4 Å². The lowest BCUT2D eigenvalue weighted by Gasteiger charge is -2.05. The van der Waals surface area contributed by atoms with Crippen molar-refractivity contribution in [1.82, 2.24) is 14.8 Å². The molecule has 2 aromatic heterocycles. The van der Waals surface area contributed by atoms with Gasteiger partial charge in [0.25, 0.3) is 5.91 Å². The van der Waals surface area contributed by atoms with Crippen molar-refractivity contribution in [2.24, 2.45) is 0 Å². The molecule has 0 saturated carbocycles. The molecule has 2 heterocycles. The van der Waals surface area contributed by atoms with Crippen LogP contribution >= 0.6 is 11.3 Å². The second-order valence-corrected chi connectivity index (χ2v) is 6.87. The second-order valence-electron chi connectivity index (χ2n) is 6.01. The lowest BCUT2D eigenvalue weighted by molar-refractivity contribution is 0.102. The maximum atomic E-state index is 13.4. The lowest BCUT2D eigenvalue weighted by Crippen LogP contribution is -2.13. The summed E-state index contributed by atoms with van der Waals surface area (Å²) in [5.74, 6) is -2.20. The molecule has 8 heteroatoms. The van der Waals surface area contributed by atoms with E-state index in [1.54, 1.807) is 10.1 Å². The Morgan fingerprint density at radius 1 is 1.11 bits per heavy atom. The van der Waals surface area contributed by atoms with Crippen LogP contribution < -0.4 is 5.32 Å². The van der Waals surface area contributed by atoms with Gasteiger partial charge in [-0.25, -0.2) is 18.4 Å². The number of nitrogens with zero attached hydrogens (tertiary/aromatic N) is 3. The van der Waals surface area contributed by atoms with E-state index in [2.05, 4.69) is 15.4 Å². The molecular weight excluding hydrogens is 382 g/mol. The van der Waals surface area contributed by atoms with Crippen LogP contribution in [-0.4, -0.2) is 20.7 Å². The summed E-state index contributed by atoms with van der Waals surface area (Å²) >= 11 is 1.20. The molecule has 4 aromatic rings. The molecule has 4 rings (SSSR count). The smallest absolute Gasteiger partial charge is 0.260 e. The molecule has 0 unspecified atom stereocenters. The number of nitrogens with one attached hydrogen (secondary N) is 1. The fraction of sp³-hybridized carbons (Fsp3) is 0.0500. The van der Waals surface area contributed by atoms with E-state index < -0.39 is 11.6 Å². The summed E-state index contributed by atoms with van der Waals surface area (Å²) in [4.78, 5) is 16.9. The number of rotatable bonds is 4. The first-order valence-electron chi connectivity index (χ1n) is 8.35. The monoisotopic (exact) mass is 396 g/mol. The molecular formula is C20H14F2N4OS. The highest BCUT2D eigenvalue weighted by atomic mass is 32.1. The van der Waals surface area contributed by atoms with Crippen LogP contribution in [0, 0.1) is 18.6 Å². The highest BCUT2D eigenvalue weighted by Crippen LogP contribution is 2.26. The number of hydrogen-bond donors (Lipinski definition) is 1. The highest BCUT2D eigenvalue weighted by molar-refractivity contribution is 7.14. The third-order valence-electron chi connectivity index (χ3n) is 4.20. The van der Waals surface area contributed by atoms with E-state index in [9.17, 15) is 13.6 Å². The van der Waals surface area contributed by atoms with E-state index in [4.69, 9.17) is 0 Å². The first kappa shape index (κ1) is 18.0. The Balaban J connectivity index is 1.54. The third kappa shape index (κ3) is 3.41. The molecule has 0 bridgehead atoms. The number of halogens is 2. The molecule has 5 nitrogen and oxygen atoms in total. The standard InChI is InChI=1S/C20H14F2N4OS/c1-12-15(10-23-26(12)14-5-3-2-4-6-14)19(27)25-20-24-18(11-28-20)13-7-8-16(21)17(22)9-13/h2-11H,1H3,(H,24,25,27). The quantitative estimate of drug-likeness (QED) is 0.537. The van der Waals surface area contributed by atoms with Crippen LogP contribution in [0.25, 0.3) is 16.9 Å². The van der Waals surface area contributed by atoms with Crippen molar-refractivity contribution in [2.45, 2.75) is 6.92 Å². The second kappa shape index (κ2) is 7.32. The maximum Gasteiger partial charge on any atom is 0.260 e. The lowest BCUT2D eigenvalue weighted by atomic mass is 10.2. The van der Waals surface area contributed by atoms with Gasteiger partial charge in [0.15, 0.2) is 16.8 Å². The number of carbonyl (C=O) groups excluding carboxylic acids is 1. The Kier molecular flexibility index (Phi) is 4.70. The molecule has 1 amide bonds. The maximum absolute atomic E-state index is 13.4. The first-order chi connectivity index (χ1) is 13.5. The average Bonchev–Trinajstić information content (AvgIpc) is 3.31. The number of aromatic nitrogens is 3. The minimum atomic E-state index is -0.944. The zero-order chi connectivity index (χ0) is 19.7. The van der Waals surface area contributed by atoms with Gasteiger partial charge < -0.3 is 0 Å². The molecule has 1 N–H and O–H groups in total. The number of anilines is 1. The van der Waals surface area contributed by atoms with E-state index in [1.165, 1.54) is 23.6 Å². The fourth-order valence-corrected chi connectivity index (χ4v) is 3.46. The van der Waals surface area contributed by atoms with Gasteiger partial charge in [-0.2, -0.15) is 5.10 Å². The molecule has 0 fully saturated rings. The van der Waals surface area contributed by atoms with Crippen LogP contribution in [0.3, 0.4) is 0 Å². The fourth-order valence-electron chi connectivity index (χ4n) is 2.75. The normalized spacial score (nSPS) is 10.8. The summed E-state index contributed by atoms with van der Waals surface area (Å²) < 4.78 is 28.2. The van der Waals surface area contributed by atoms with E-state index in [-0.39, 0.29) is 5.91 Å². The Hall–Kier alpha value is -3.39. The van der Waals surface area contributed by atoms with Crippen LogP contribution in [0.4, 0.5) is 13.9 Å². The van der Waals surface area contributed by atoms with Crippen LogP contribution in [0.5, 0.6) is 0 Å². The SMILES string of the molecule is Cc1c(C(=O)Nc2nc(-c3ccc(F)c(F)c3)cs2)cnn1-c1ccccc1.